The molecule has 0 bridgehead atoms. The van der Waals surface area contributed by atoms with E-state index in [1.807, 2.05) is 0 Å². The Hall–Kier alpha value is -0.240. The van der Waals surface area contributed by atoms with E-state index in [0.717, 1.165) is 51.4 Å². The number of hydrogen-bond acceptors (Lipinski definition) is 6. The zero-order valence-electron chi connectivity index (χ0n) is 39.8. The molecule has 0 amide bonds. The maximum absolute atomic E-state index is 6.30. The van der Waals surface area contributed by atoms with Gasteiger partial charge in [-0.3, -0.25) is 0 Å². The Morgan fingerprint density at radius 3 is 1.05 bits per heavy atom. The zero-order chi connectivity index (χ0) is 41.4. The van der Waals surface area contributed by atoms with Crippen molar-refractivity contribution < 1.29 is 23.7 Å². The molecular formula is C51H105NO5. The van der Waals surface area contributed by atoms with Crippen LogP contribution in [0.25, 0.3) is 0 Å². The standard InChI is InChI=1S/C51H105NO5/c1-6-10-14-18-20-28-36-50(34-26-16-12-8-3)48-56-41-32-24-22-30-38-52(40-43-54-46-47-55-45-44-53-5)39-31-23-25-33-42-57-49-51(35-27-17-13-9-4)37-29-21-19-15-11-7-2/h50-51H,6-49H2,1-5H3. The predicted octanol–water partition coefficient (Wildman–Crippen LogP) is 14.8. The minimum absolute atomic E-state index is 0.639. The van der Waals surface area contributed by atoms with E-state index in [-0.39, 0.29) is 0 Å². The van der Waals surface area contributed by atoms with E-state index in [0.29, 0.717) is 26.4 Å². The Bertz CT molecular complexity index is 663. The largest absolute Gasteiger partial charge is 0.382 e. The fourth-order valence-corrected chi connectivity index (χ4v) is 8.05. The summed E-state index contributed by atoms with van der Waals surface area (Å²) in [4.78, 5) is 2.65. The van der Waals surface area contributed by atoms with Gasteiger partial charge in [0.1, 0.15) is 0 Å². The number of rotatable bonds is 51. The monoisotopic (exact) mass is 812 g/mol. The third kappa shape index (κ3) is 45.1. The summed E-state index contributed by atoms with van der Waals surface area (Å²) in [5, 5.41) is 0. The molecule has 0 aliphatic rings. The van der Waals surface area contributed by atoms with Crippen LogP contribution in [0.1, 0.15) is 233 Å². The molecule has 0 rings (SSSR count). The summed E-state index contributed by atoms with van der Waals surface area (Å²) in [5.74, 6) is 1.54. The summed E-state index contributed by atoms with van der Waals surface area (Å²) < 4.78 is 29.2. The molecule has 0 aromatic heterocycles. The van der Waals surface area contributed by atoms with Crippen molar-refractivity contribution in [3.63, 3.8) is 0 Å². The van der Waals surface area contributed by atoms with Crippen LogP contribution in [-0.2, 0) is 23.7 Å². The smallest absolute Gasteiger partial charge is 0.0701 e. The van der Waals surface area contributed by atoms with Crippen molar-refractivity contribution in [1.29, 1.82) is 0 Å². The van der Waals surface area contributed by atoms with Crippen molar-refractivity contribution in [2.24, 2.45) is 11.8 Å². The number of methoxy groups -OCH3 is 1. The topological polar surface area (TPSA) is 49.4 Å². The molecule has 0 aromatic carbocycles. The van der Waals surface area contributed by atoms with Crippen LogP contribution in [0.5, 0.6) is 0 Å². The molecule has 0 radical (unpaired) electrons. The highest BCUT2D eigenvalue weighted by atomic mass is 16.5. The van der Waals surface area contributed by atoms with Gasteiger partial charge in [-0.1, -0.05) is 182 Å². The highest BCUT2D eigenvalue weighted by molar-refractivity contribution is 4.63. The molecule has 6 heteroatoms. The van der Waals surface area contributed by atoms with Crippen molar-refractivity contribution in [3.8, 4) is 0 Å². The van der Waals surface area contributed by atoms with Crippen molar-refractivity contribution >= 4 is 0 Å². The Labute approximate surface area is 358 Å². The van der Waals surface area contributed by atoms with Gasteiger partial charge in [0, 0.05) is 40.1 Å². The lowest BCUT2D eigenvalue weighted by atomic mass is 9.95. The van der Waals surface area contributed by atoms with Gasteiger partial charge in [0.2, 0.25) is 0 Å². The minimum atomic E-state index is 0.639. The van der Waals surface area contributed by atoms with E-state index in [9.17, 15) is 0 Å². The lowest BCUT2D eigenvalue weighted by Crippen LogP contribution is -2.30. The fourth-order valence-electron chi connectivity index (χ4n) is 8.05. The first-order valence-corrected chi connectivity index (χ1v) is 25.7. The maximum atomic E-state index is 6.30. The molecule has 344 valence electrons. The molecule has 0 aliphatic heterocycles. The molecule has 6 nitrogen and oxygen atoms in total. The highest BCUT2D eigenvalue weighted by Gasteiger charge is 2.11. The molecule has 2 atom stereocenters. The molecule has 0 spiro atoms. The van der Waals surface area contributed by atoms with Crippen LogP contribution in [0.2, 0.25) is 0 Å². The van der Waals surface area contributed by atoms with Gasteiger partial charge in [0.25, 0.3) is 0 Å². The minimum Gasteiger partial charge on any atom is -0.382 e. The molecule has 0 saturated carbocycles. The van der Waals surface area contributed by atoms with Gasteiger partial charge in [0.05, 0.1) is 33.0 Å². The van der Waals surface area contributed by atoms with E-state index in [1.165, 1.54) is 219 Å². The molecule has 0 saturated heterocycles. The first-order chi connectivity index (χ1) is 28.2. The maximum Gasteiger partial charge on any atom is 0.0701 e. The highest BCUT2D eigenvalue weighted by Crippen LogP contribution is 2.21. The fraction of sp³-hybridized carbons (Fsp3) is 1.00. The molecule has 57 heavy (non-hydrogen) atoms. The Kier molecular flexibility index (Phi) is 49.9. The van der Waals surface area contributed by atoms with Gasteiger partial charge in [-0.2, -0.15) is 0 Å². The predicted molar refractivity (Wildman–Crippen MR) is 249 cm³/mol. The second-order valence-electron chi connectivity index (χ2n) is 17.6. The van der Waals surface area contributed by atoms with E-state index >= 15 is 0 Å². The SMILES string of the molecule is CCCCCCCCC(CCCCCC)COCCCCCCN(CCCCCCOCC(CCCCCC)CCCCCCCC)CCOCCOCCOC. The second kappa shape index (κ2) is 50.1. The molecule has 0 N–H and O–H groups in total. The number of ether oxygens (including phenoxy) is 5. The third-order valence-corrected chi connectivity index (χ3v) is 12.0. The molecule has 0 heterocycles. The Morgan fingerprint density at radius 1 is 0.298 bits per heavy atom. The number of nitrogens with zero attached hydrogens (tertiary/aromatic N) is 1. The molecular weight excluding hydrogens is 707 g/mol. The van der Waals surface area contributed by atoms with E-state index in [1.54, 1.807) is 7.11 Å². The zero-order valence-corrected chi connectivity index (χ0v) is 39.8. The summed E-state index contributed by atoms with van der Waals surface area (Å²) in [6.45, 7) is 19.8. The van der Waals surface area contributed by atoms with E-state index < -0.39 is 0 Å². The van der Waals surface area contributed by atoms with Gasteiger partial charge >= 0.3 is 0 Å². The van der Waals surface area contributed by atoms with Crippen molar-refractivity contribution in [2.45, 2.75) is 233 Å². The average molecular weight is 812 g/mol. The first-order valence-electron chi connectivity index (χ1n) is 25.7. The summed E-state index contributed by atoms with van der Waals surface area (Å²) >= 11 is 0. The van der Waals surface area contributed by atoms with E-state index in [4.69, 9.17) is 23.7 Å². The number of unbranched alkanes of at least 4 members (excludes halogenated alkanes) is 22. The molecule has 0 fully saturated rings. The molecule has 0 aromatic rings. The molecule has 0 aliphatic carbocycles. The van der Waals surface area contributed by atoms with Crippen LogP contribution in [0.4, 0.5) is 0 Å². The normalized spacial score (nSPS) is 12.9. The quantitative estimate of drug-likeness (QED) is 0.0570. The second-order valence-corrected chi connectivity index (χ2v) is 17.6. The Balaban J connectivity index is 4.42. The van der Waals surface area contributed by atoms with Gasteiger partial charge < -0.3 is 28.6 Å². The van der Waals surface area contributed by atoms with E-state index in [2.05, 4.69) is 32.6 Å². The van der Waals surface area contributed by atoms with Crippen LogP contribution in [0.15, 0.2) is 0 Å². The van der Waals surface area contributed by atoms with Gasteiger partial charge in [-0.15, -0.1) is 0 Å². The van der Waals surface area contributed by atoms with Crippen molar-refractivity contribution in [1.82, 2.24) is 4.90 Å². The first kappa shape index (κ1) is 56.8. The summed E-state index contributed by atoms with van der Waals surface area (Å²) in [6, 6.07) is 0. The third-order valence-electron chi connectivity index (χ3n) is 12.0. The number of hydrogen-bond donors (Lipinski definition) is 0. The lowest BCUT2D eigenvalue weighted by Gasteiger charge is -2.22. The average Bonchev–Trinajstić information content (AvgIpc) is 3.22. The van der Waals surface area contributed by atoms with Gasteiger partial charge in [-0.25, -0.2) is 0 Å². The summed E-state index contributed by atoms with van der Waals surface area (Å²) in [6.07, 6.45) is 43.3. The molecule has 2 unspecified atom stereocenters. The lowest BCUT2D eigenvalue weighted by molar-refractivity contribution is 0.0192. The summed E-state index contributed by atoms with van der Waals surface area (Å²) in [7, 11) is 1.71. The van der Waals surface area contributed by atoms with Crippen molar-refractivity contribution in [2.75, 3.05) is 86.2 Å². The van der Waals surface area contributed by atoms with Crippen LogP contribution >= 0.6 is 0 Å². The van der Waals surface area contributed by atoms with Crippen molar-refractivity contribution in [3.05, 3.63) is 0 Å². The van der Waals surface area contributed by atoms with Gasteiger partial charge in [-0.05, 0) is 76.3 Å². The van der Waals surface area contributed by atoms with Crippen LogP contribution in [0, 0.1) is 11.8 Å². The van der Waals surface area contributed by atoms with Crippen LogP contribution in [0.3, 0.4) is 0 Å². The van der Waals surface area contributed by atoms with Crippen LogP contribution < -0.4 is 0 Å². The summed E-state index contributed by atoms with van der Waals surface area (Å²) in [5.41, 5.74) is 0. The van der Waals surface area contributed by atoms with Crippen LogP contribution in [-0.4, -0.2) is 91.1 Å². The van der Waals surface area contributed by atoms with Gasteiger partial charge in [0.15, 0.2) is 0 Å². The Morgan fingerprint density at radius 2 is 0.632 bits per heavy atom.